The molecule has 1 heterocycles. The smallest absolute Gasteiger partial charge is 0.251 e. The molecule has 1 aliphatic rings. The molecule has 1 unspecified atom stereocenters. The normalized spacial score (nSPS) is 16.8. The Morgan fingerprint density at radius 2 is 1.95 bits per heavy atom. The third-order valence-corrected chi connectivity index (χ3v) is 4.42. The molecule has 2 aromatic rings. The summed E-state index contributed by atoms with van der Waals surface area (Å²) in [6.45, 7) is 2.02. The van der Waals surface area contributed by atoms with E-state index < -0.39 is 0 Å². The van der Waals surface area contributed by atoms with Crippen LogP contribution in [0.4, 0.5) is 11.4 Å². The summed E-state index contributed by atoms with van der Waals surface area (Å²) in [6.07, 6.45) is 0. The van der Waals surface area contributed by atoms with Gasteiger partial charge in [-0.15, -0.1) is 0 Å². The lowest BCUT2D eigenvalue weighted by Gasteiger charge is -2.15. The molecule has 0 spiro atoms. The van der Waals surface area contributed by atoms with Crippen LogP contribution in [0.5, 0.6) is 0 Å². The average molecular weight is 396 g/mol. The van der Waals surface area contributed by atoms with Gasteiger partial charge in [0.2, 0.25) is 0 Å². The molecule has 3 rings (SSSR count). The maximum absolute atomic E-state index is 12.1. The predicted molar refractivity (Wildman–Crippen MR) is 88.0 cm³/mol. The maximum Gasteiger partial charge on any atom is 0.251 e. The molecule has 1 amide bonds. The molecule has 1 aliphatic heterocycles. The number of hydrogen-bond donors (Lipinski definition) is 2. The van der Waals surface area contributed by atoms with Crippen LogP contribution in [0.2, 0.25) is 0 Å². The lowest BCUT2D eigenvalue weighted by molar-refractivity contribution is -0.116. The summed E-state index contributed by atoms with van der Waals surface area (Å²) in [5, 5.41) is 6.19. The molecule has 2 N–H and O–H groups in total. The first-order valence-corrected chi connectivity index (χ1v) is 7.76. The van der Waals surface area contributed by atoms with E-state index in [1.165, 1.54) is 0 Å². The van der Waals surface area contributed by atoms with Crippen LogP contribution in [0.1, 0.15) is 17.2 Å². The topological polar surface area (TPSA) is 41.1 Å². The lowest BCUT2D eigenvalue weighted by Crippen LogP contribution is -2.19. The zero-order valence-corrected chi connectivity index (χ0v) is 13.9. The first kappa shape index (κ1) is 13.6. The SMILES string of the molecule is Cc1ccc2c(c1)C(Nc1ccc(Br)cc1Br)C(=O)N2. The van der Waals surface area contributed by atoms with Gasteiger partial charge in [-0.25, -0.2) is 0 Å². The van der Waals surface area contributed by atoms with Gasteiger partial charge in [-0.1, -0.05) is 33.6 Å². The van der Waals surface area contributed by atoms with Crippen LogP contribution in [0.3, 0.4) is 0 Å². The highest BCUT2D eigenvalue weighted by atomic mass is 79.9. The number of rotatable bonds is 2. The second kappa shape index (κ2) is 5.22. The Balaban J connectivity index is 1.95. The first-order chi connectivity index (χ1) is 9.54. The Bertz CT molecular complexity index is 700. The molecule has 0 bridgehead atoms. The van der Waals surface area contributed by atoms with E-state index in [9.17, 15) is 4.79 Å². The van der Waals surface area contributed by atoms with Crippen molar-refractivity contribution in [2.75, 3.05) is 10.6 Å². The number of amides is 1. The molecule has 3 nitrogen and oxygen atoms in total. The molecule has 102 valence electrons. The Morgan fingerprint density at radius 1 is 1.15 bits per heavy atom. The van der Waals surface area contributed by atoms with E-state index in [-0.39, 0.29) is 11.9 Å². The van der Waals surface area contributed by atoms with Gasteiger partial charge in [0, 0.05) is 25.9 Å². The molecule has 0 fully saturated rings. The van der Waals surface area contributed by atoms with Crippen molar-refractivity contribution >= 4 is 49.1 Å². The Kier molecular flexibility index (Phi) is 3.56. The molecule has 0 aliphatic carbocycles. The van der Waals surface area contributed by atoms with E-state index in [2.05, 4.69) is 42.5 Å². The summed E-state index contributed by atoms with van der Waals surface area (Å²) in [6, 6.07) is 11.5. The zero-order chi connectivity index (χ0) is 14.3. The second-order valence-electron chi connectivity index (χ2n) is 4.78. The lowest BCUT2D eigenvalue weighted by atomic mass is 10.1. The van der Waals surface area contributed by atoms with Crippen LogP contribution < -0.4 is 10.6 Å². The minimum Gasteiger partial charge on any atom is -0.369 e. The van der Waals surface area contributed by atoms with Crippen molar-refractivity contribution < 1.29 is 4.79 Å². The highest BCUT2D eigenvalue weighted by Crippen LogP contribution is 2.36. The molecule has 20 heavy (non-hydrogen) atoms. The van der Waals surface area contributed by atoms with Crippen LogP contribution in [-0.2, 0) is 4.79 Å². The fraction of sp³-hybridized carbons (Fsp3) is 0.133. The standard InChI is InChI=1S/C15H12Br2N2O/c1-8-2-4-12-10(6-8)14(15(20)19-12)18-13-5-3-9(16)7-11(13)17/h2-7,14,18H,1H3,(H,19,20). The summed E-state index contributed by atoms with van der Waals surface area (Å²) in [5.74, 6) is -0.0274. The minimum absolute atomic E-state index is 0.0274. The third kappa shape index (κ3) is 2.47. The minimum atomic E-state index is -0.359. The van der Waals surface area contributed by atoms with E-state index in [1.807, 2.05) is 43.3 Å². The van der Waals surface area contributed by atoms with Crippen LogP contribution in [-0.4, -0.2) is 5.91 Å². The fourth-order valence-electron chi connectivity index (χ4n) is 2.29. The summed E-state index contributed by atoms with van der Waals surface area (Å²) in [4.78, 5) is 12.1. The van der Waals surface area contributed by atoms with Crippen LogP contribution in [0, 0.1) is 6.92 Å². The van der Waals surface area contributed by atoms with Crippen molar-refractivity contribution in [2.24, 2.45) is 0 Å². The van der Waals surface area contributed by atoms with Crippen molar-refractivity contribution in [3.05, 3.63) is 56.5 Å². The Morgan fingerprint density at radius 3 is 2.70 bits per heavy atom. The molecule has 2 aromatic carbocycles. The summed E-state index contributed by atoms with van der Waals surface area (Å²) < 4.78 is 1.91. The van der Waals surface area contributed by atoms with E-state index >= 15 is 0 Å². The zero-order valence-electron chi connectivity index (χ0n) is 10.7. The number of carbonyl (C=O) groups excluding carboxylic acids is 1. The molecule has 0 aromatic heterocycles. The molecule has 5 heteroatoms. The number of halogens is 2. The van der Waals surface area contributed by atoms with Crippen molar-refractivity contribution in [1.29, 1.82) is 0 Å². The number of carbonyl (C=O) groups is 1. The van der Waals surface area contributed by atoms with Gasteiger partial charge >= 0.3 is 0 Å². The van der Waals surface area contributed by atoms with Gasteiger partial charge in [-0.05, 0) is 47.1 Å². The van der Waals surface area contributed by atoms with Crippen LogP contribution in [0.15, 0.2) is 45.3 Å². The average Bonchev–Trinajstić information content (AvgIpc) is 2.69. The summed E-state index contributed by atoms with van der Waals surface area (Å²) >= 11 is 6.92. The Labute approximate surface area is 134 Å². The molecule has 0 saturated heterocycles. The van der Waals surface area contributed by atoms with Crippen molar-refractivity contribution in [2.45, 2.75) is 13.0 Å². The van der Waals surface area contributed by atoms with Crippen molar-refractivity contribution in [3.63, 3.8) is 0 Å². The second-order valence-corrected chi connectivity index (χ2v) is 6.55. The first-order valence-electron chi connectivity index (χ1n) is 6.17. The highest BCUT2D eigenvalue weighted by Gasteiger charge is 2.30. The summed E-state index contributed by atoms with van der Waals surface area (Å²) in [7, 11) is 0. The largest absolute Gasteiger partial charge is 0.369 e. The molecule has 0 saturated carbocycles. The van der Waals surface area contributed by atoms with E-state index in [0.717, 1.165) is 31.4 Å². The molecule has 0 radical (unpaired) electrons. The summed E-state index contributed by atoms with van der Waals surface area (Å²) in [5.41, 5.74) is 3.90. The van der Waals surface area contributed by atoms with E-state index in [0.29, 0.717) is 0 Å². The number of nitrogens with one attached hydrogen (secondary N) is 2. The predicted octanol–water partition coefficient (Wildman–Crippen LogP) is 4.63. The quantitative estimate of drug-likeness (QED) is 0.778. The van der Waals surface area contributed by atoms with Gasteiger partial charge in [-0.3, -0.25) is 4.79 Å². The van der Waals surface area contributed by atoms with Crippen LogP contribution in [0.25, 0.3) is 0 Å². The van der Waals surface area contributed by atoms with E-state index in [1.54, 1.807) is 0 Å². The van der Waals surface area contributed by atoms with Gasteiger partial charge in [0.1, 0.15) is 6.04 Å². The number of benzene rings is 2. The van der Waals surface area contributed by atoms with Crippen molar-refractivity contribution in [1.82, 2.24) is 0 Å². The van der Waals surface area contributed by atoms with Gasteiger partial charge in [0.15, 0.2) is 0 Å². The fourth-order valence-corrected chi connectivity index (χ4v) is 3.45. The van der Waals surface area contributed by atoms with Gasteiger partial charge in [0.25, 0.3) is 5.91 Å². The molecule has 1 atom stereocenters. The monoisotopic (exact) mass is 394 g/mol. The third-order valence-electron chi connectivity index (χ3n) is 3.27. The van der Waals surface area contributed by atoms with Gasteiger partial charge < -0.3 is 10.6 Å². The number of hydrogen-bond acceptors (Lipinski definition) is 2. The number of aryl methyl sites for hydroxylation is 1. The number of anilines is 2. The molecular formula is C15H12Br2N2O. The van der Waals surface area contributed by atoms with Gasteiger partial charge in [0.05, 0.1) is 0 Å². The Hall–Kier alpha value is -1.33. The number of fused-ring (bicyclic) bond motifs is 1. The van der Waals surface area contributed by atoms with E-state index in [4.69, 9.17) is 0 Å². The maximum atomic E-state index is 12.1. The molecular weight excluding hydrogens is 384 g/mol. The van der Waals surface area contributed by atoms with Gasteiger partial charge in [-0.2, -0.15) is 0 Å². The van der Waals surface area contributed by atoms with Crippen molar-refractivity contribution in [3.8, 4) is 0 Å². The van der Waals surface area contributed by atoms with Crippen LogP contribution >= 0.6 is 31.9 Å². The highest BCUT2D eigenvalue weighted by molar-refractivity contribution is 9.11.